The van der Waals surface area contributed by atoms with E-state index in [1.807, 2.05) is 47.0 Å². The Kier molecular flexibility index (Phi) is 14.9. The molecule has 144 valence electrons. The highest BCUT2D eigenvalue weighted by Gasteiger charge is 2.26. The summed E-state index contributed by atoms with van der Waals surface area (Å²) in [7, 11) is 0. The summed E-state index contributed by atoms with van der Waals surface area (Å²) in [5, 5.41) is 0. The van der Waals surface area contributed by atoms with Crippen LogP contribution in [0, 0.1) is 0 Å². The predicted molar refractivity (Wildman–Crippen MR) is 129 cm³/mol. The molecule has 1 unspecified atom stereocenters. The number of ketones is 1. The van der Waals surface area contributed by atoms with E-state index in [0.29, 0.717) is 5.78 Å². The molecule has 0 fully saturated rings. The van der Waals surface area contributed by atoms with E-state index in [1.54, 1.807) is 6.92 Å². The fraction of sp³-hybridized carbons (Fsp3) is 0.941. The smallest absolute Gasteiger partial charge is 0.152 e. The molecule has 0 bridgehead atoms. The maximum atomic E-state index is 12.0. The van der Waals surface area contributed by atoms with Crippen LogP contribution in [-0.2, 0) is 4.79 Å². The Bertz CT molecular complexity index is 340. The van der Waals surface area contributed by atoms with E-state index < -0.39 is 0 Å². The molecule has 0 aromatic heterocycles. The second-order valence-electron chi connectivity index (χ2n) is 6.95. The summed E-state index contributed by atoms with van der Waals surface area (Å²) in [6.07, 6.45) is 2.25. The summed E-state index contributed by atoms with van der Waals surface area (Å²) in [6, 6.07) is 0. The van der Waals surface area contributed by atoms with Crippen molar-refractivity contribution in [3.63, 3.8) is 0 Å². The largest absolute Gasteiger partial charge is 0.298 e. The molecule has 0 aromatic carbocycles. The van der Waals surface area contributed by atoms with Gasteiger partial charge in [-0.15, -0.1) is 23.5 Å². The highest BCUT2D eigenvalue weighted by molar-refractivity contribution is 8.19. The van der Waals surface area contributed by atoms with Gasteiger partial charge < -0.3 is 0 Å². The van der Waals surface area contributed by atoms with Crippen LogP contribution >= 0.6 is 72.3 Å². The quantitative estimate of drug-likeness (QED) is 0.181. The van der Waals surface area contributed by atoms with Crippen molar-refractivity contribution in [3.8, 4) is 0 Å². The summed E-state index contributed by atoms with van der Waals surface area (Å²) in [4.78, 5) is 12.0. The van der Waals surface area contributed by atoms with Crippen molar-refractivity contribution in [2.45, 2.75) is 61.5 Å². The Morgan fingerprint density at radius 1 is 0.958 bits per heavy atom. The zero-order valence-electron chi connectivity index (χ0n) is 15.7. The van der Waals surface area contributed by atoms with Crippen molar-refractivity contribution >= 4 is 78.1 Å². The monoisotopic (exact) mass is 446 g/mol. The van der Waals surface area contributed by atoms with Crippen LogP contribution in [-0.4, -0.2) is 54.4 Å². The number of thiol groups is 2. The van der Waals surface area contributed by atoms with E-state index in [-0.39, 0.29) is 14.1 Å². The lowest BCUT2D eigenvalue weighted by Gasteiger charge is -2.28. The number of rotatable bonds is 15. The molecule has 1 atom stereocenters. The Labute approximate surface area is 178 Å². The number of Topliss-reactive ketones (excluding diaryl/α,β-unsaturated/α-hetero) is 1. The lowest BCUT2D eigenvalue weighted by molar-refractivity contribution is -0.115. The van der Waals surface area contributed by atoms with Gasteiger partial charge >= 0.3 is 0 Å². The van der Waals surface area contributed by atoms with Crippen LogP contribution < -0.4 is 0 Å². The highest BCUT2D eigenvalue weighted by Crippen LogP contribution is 2.38. The van der Waals surface area contributed by atoms with Crippen LogP contribution in [0.1, 0.15) is 47.5 Å². The maximum absolute atomic E-state index is 12.0. The summed E-state index contributed by atoms with van der Waals surface area (Å²) < 4.78 is 0.333. The topological polar surface area (TPSA) is 17.1 Å². The van der Waals surface area contributed by atoms with Gasteiger partial charge in [0.25, 0.3) is 0 Å². The number of carbonyl (C=O) groups is 1. The molecule has 0 spiro atoms. The van der Waals surface area contributed by atoms with Crippen LogP contribution in [0.25, 0.3) is 0 Å². The van der Waals surface area contributed by atoms with E-state index in [1.165, 1.54) is 0 Å². The molecule has 1 nitrogen and oxygen atoms in total. The van der Waals surface area contributed by atoms with Gasteiger partial charge in [0.15, 0.2) is 5.78 Å². The molecular weight excluding hydrogens is 413 g/mol. The van der Waals surface area contributed by atoms with Gasteiger partial charge in [0, 0.05) is 26.8 Å². The van der Waals surface area contributed by atoms with Crippen LogP contribution in [0.2, 0.25) is 0 Å². The van der Waals surface area contributed by atoms with Gasteiger partial charge in [0.1, 0.15) is 4.58 Å². The lowest BCUT2D eigenvalue weighted by atomic mass is 10.1. The van der Waals surface area contributed by atoms with Crippen molar-refractivity contribution in [1.29, 1.82) is 0 Å². The fourth-order valence-electron chi connectivity index (χ4n) is 1.71. The van der Waals surface area contributed by atoms with Gasteiger partial charge in [-0.05, 0) is 37.0 Å². The van der Waals surface area contributed by atoms with E-state index >= 15 is 0 Å². The Hall–Kier alpha value is 1.77. The first kappa shape index (κ1) is 25.8. The average molecular weight is 447 g/mol. The fourth-order valence-corrected chi connectivity index (χ4v) is 7.94. The summed E-state index contributed by atoms with van der Waals surface area (Å²) >= 11 is 16.4. The van der Waals surface area contributed by atoms with Gasteiger partial charge in [0.05, 0.1) is 0 Å². The molecule has 0 radical (unpaired) electrons. The van der Waals surface area contributed by atoms with Crippen molar-refractivity contribution in [2.24, 2.45) is 0 Å². The van der Waals surface area contributed by atoms with Crippen molar-refractivity contribution in [3.05, 3.63) is 0 Å². The summed E-state index contributed by atoms with van der Waals surface area (Å²) in [6.45, 7) is 10.6. The van der Waals surface area contributed by atoms with Crippen LogP contribution in [0.3, 0.4) is 0 Å². The molecule has 0 aliphatic heterocycles. The second kappa shape index (κ2) is 13.9. The van der Waals surface area contributed by atoms with Gasteiger partial charge in [-0.1, -0.05) is 27.7 Å². The predicted octanol–water partition coefficient (Wildman–Crippen LogP) is 6.03. The SMILES string of the molecule is CC(=O)C(SCCSCCC(C)(C)S)SC(C)(C)CCSCCS. The normalized spacial score (nSPS) is 14.0. The molecule has 24 heavy (non-hydrogen) atoms. The molecule has 0 aliphatic rings. The lowest BCUT2D eigenvalue weighted by Crippen LogP contribution is -2.23. The molecule has 7 heteroatoms. The molecule has 0 N–H and O–H groups in total. The zero-order chi connectivity index (χ0) is 18.6. The Morgan fingerprint density at radius 2 is 1.54 bits per heavy atom. The molecular formula is C17H34OS6. The van der Waals surface area contributed by atoms with E-state index in [9.17, 15) is 4.79 Å². The van der Waals surface area contributed by atoms with Crippen LogP contribution in [0.4, 0.5) is 0 Å². The number of hydrogen-bond acceptors (Lipinski definition) is 7. The van der Waals surface area contributed by atoms with Gasteiger partial charge in [0.2, 0.25) is 0 Å². The summed E-state index contributed by atoms with van der Waals surface area (Å²) in [5.41, 5.74) is 0. The van der Waals surface area contributed by atoms with Crippen molar-refractivity contribution in [2.75, 3.05) is 34.5 Å². The maximum Gasteiger partial charge on any atom is 0.152 e. The molecule has 0 aromatic rings. The average Bonchev–Trinajstić information content (AvgIpc) is 2.44. The zero-order valence-corrected chi connectivity index (χ0v) is 20.7. The van der Waals surface area contributed by atoms with E-state index in [0.717, 1.165) is 47.4 Å². The molecule has 0 amide bonds. The van der Waals surface area contributed by atoms with Gasteiger partial charge in [-0.3, -0.25) is 4.79 Å². The molecule has 0 aliphatic carbocycles. The minimum atomic E-state index is 0.0665. The van der Waals surface area contributed by atoms with E-state index in [4.69, 9.17) is 0 Å². The van der Waals surface area contributed by atoms with Crippen molar-refractivity contribution < 1.29 is 4.79 Å². The standard InChI is InChI=1S/C17H34OS6/c1-14(18)15(23-13-12-22-9-6-16(2,3)20)24-17(4,5)7-10-21-11-8-19/h15,19-20H,6-13H2,1-5H3. The molecule has 0 saturated heterocycles. The first-order valence-electron chi connectivity index (χ1n) is 8.36. The Morgan fingerprint density at radius 3 is 2.08 bits per heavy atom. The van der Waals surface area contributed by atoms with Crippen LogP contribution in [0.15, 0.2) is 0 Å². The van der Waals surface area contributed by atoms with Gasteiger partial charge in [-0.2, -0.15) is 48.8 Å². The third-order valence-electron chi connectivity index (χ3n) is 3.20. The van der Waals surface area contributed by atoms with Gasteiger partial charge in [-0.25, -0.2) is 0 Å². The minimum Gasteiger partial charge on any atom is -0.298 e. The summed E-state index contributed by atoms with van der Waals surface area (Å²) in [5.74, 6) is 6.77. The molecule has 0 rings (SSSR count). The number of carbonyl (C=O) groups excluding carboxylic acids is 1. The number of thioether (sulfide) groups is 4. The number of hydrogen-bond donors (Lipinski definition) is 2. The third-order valence-corrected chi connectivity index (χ3v) is 9.34. The third kappa shape index (κ3) is 16.0. The van der Waals surface area contributed by atoms with Crippen LogP contribution in [0.5, 0.6) is 0 Å². The Balaban J connectivity index is 4.05. The second-order valence-corrected chi connectivity index (χ2v) is 14.4. The minimum absolute atomic E-state index is 0.0665. The molecule has 0 saturated carbocycles. The van der Waals surface area contributed by atoms with Crippen molar-refractivity contribution in [1.82, 2.24) is 0 Å². The first-order chi connectivity index (χ1) is 11.1. The first-order valence-corrected chi connectivity index (χ1v) is 13.7. The molecule has 0 heterocycles. The highest BCUT2D eigenvalue weighted by atomic mass is 32.2. The van der Waals surface area contributed by atoms with E-state index in [2.05, 4.69) is 53.0 Å².